The summed E-state index contributed by atoms with van der Waals surface area (Å²) >= 11 is 0. The summed E-state index contributed by atoms with van der Waals surface area (Å²) in [6.07, 6.45) is 5.41. The Bertz CT molecular complexity index is 236. The molecule has 16 heavy (non-hydrogen) atoms. The zero-order chi connectivity index (χ0) is 12.2. The maximum absolute atomic E-state index is 11.7. The molecule has 0 radical (unpaired) electrons. The van der Waals surface area contributed by atoms with Crippen molar-refractivity contribution in [3.8, 4) is 0 Å². The lowest BCUT2D eigenvalue weighted by atomic mass is 9.72. The highest BCUT2D eigenvalue weighted by Gasteiger charge is 2.40. The van der Waals surface area contributed by atoms with E-state index in [4.69, 9.17) is 5.73 Å². The second kappa shape index (κ2) is 5.67. The molecule has 1 aliphatic rings. The van der Waals surface area contributed by atoms with Gasteiger partial charge in [-0.05, 0) is 37.6 Å². The number of hydrogen-bond acceptors (Lipinski definition) is 2. The molecule has 0 saturated heterocycles. The van der Waals surface area contributed by atoms with Crippen LogP contribution in [0.4, 0.5) is 0 Å². The lowest BCUT2D eigenvalue weighted by Gasteiger charge is -2.39. The van der Waals surface area contributed by atoms with Gasteiger partial charge in [-0.1, -0.05) is 33.6 Å². The highest BCUT2D eigenvalue weighted by Crippen LogP contribution is 2.35. The topological polar surface area (TPSA) is 55.1 Å². The van der Waals surface area contributed by atoms with E-state index < -0.39 is 5.54 Å². The second-order valence-electron chi connectivity index (χ2n) is 5.57. The molecule has 0 aromatic heterocycles. The summed E-state index contributed by atoms with van der Waals surface area (Å²) in [4.78, 5) is 11.7. The first kappa shape index (κ1) is 13.5. The molecule has 0 bridgehead atoms. The molecule has 1 rings (SSSR count). The van der Waals surface area contributed by atoms with Crippen LogP contribution < -0.4 is 11.1 Å². The van der Waals surface area contributed by atoms with Gasteiger partial charge in [0.1, 0.15) is 0 Å². The number of nitrogens with one attached hydrogen (secondary N) is 1. The molecule has 1 aliphatic carbocycles. The number of amides is 1. The Morgan fingerprint density at radius 1 is 1.56 bits per heavy atom. The first-order chi connectivity index (χ1) is 7.50. The fraction of sp³-hybridized carbons (Fsp3) is 0.923. The summed E-state index contributed by atoms with van der Waals surface area (Å²) in [5.74, 6) is 1.19. The van der Waals surface area contributed by atoms with E-state index in [0.29, 0.717) is 11.8 Å². The van der Waals surface area contributed by atoms with Gasteiger partial charge in [-0.2, -0.15) is 0 Å². The number of carbonyl (C=O) groups is 1. The highest BCUT2D eigenvalue weighted by atomic mass is 16.1. The Hall–Kier alpha value is -0.570. The molecule has 3 N–H and O–H groups in total. The normalized spacial score (nSPS) is 30.6. The van der Waals surface area contributed by atoms with Crippen molar-refractivity contribution in [2.45, 2.75) is 58.4 Å². The molecule has 2 atom stereocenters. The lowest BCUT2D eigenvalue weighted by Crippen LogP contribution is -2.57. The first-order valence-corrected chi connectivity index (χ1v) is 6.55. The average molecular weight is 226 g/mol. The van der Waals surface area contributed by atoms with Gasteiger partial charge in [0.05, 0.1) is 5.54 Å². The van der Waals surface area contributed by atoms with Gasteiger partial charge in [0.15, 0.2) is 0 Å². The van der Waals surface area contributed by atoms with Crippen LogP contribution in [0.2, 0.25) is 0 Å². The largest absolute Gasteiger partial charge is 0.368 e. The van der Waals surface area contributed by atoms with Crippen molar-refractivity contribution in [3.63, 3.8) is 0 Å². The van der Waals surface area contributed by atoms with Crippen LogP contribution in [0.3, 0.4) is 0 Å². The Balaban J connectivity index is 2.67. The Morgan fingerprint density at radius 3 is 2.75 bits per heavy atom. The quantitative estimate of drug-likeness (QED) is 0.754. The number of nitrogens with two attached hydrogens (primary N) is 1. The van der Waals surface area contributed by atoms with Crippen LogP contribution in [-0.4, -0.2) is 18.0 Å². The van der Waals surface area contributed by atoms with Crippen molar-refractivity contribution in [1.29, 1.82) is 0 Å². The maximum Gasteiger partial charge on any atom is 0.237 e. The number of carbonyl (C=O) groups excluding carboxylic acids is 1. The summed E-state index contributed by atoms with van der Waals surface area (Å²) in [5.41, 5.74) is 5.16. The van der Waals surface area contributed by atoms with Crippen molar-refractivity contribution in [2.75, 3.05) is 6.54 Å². The summed E-state index contributed by atoms with van der Waals surface area (Å²) in [5, 5.41) is 3.33. The van der Waals surface area contributed by atoms with Crippen molar-refractivity contribution >= 4 is 5.91 Å². The fourth-order valence-corrected chi connectivity index (χ4v) is 3.07. The molecule has 0 aliphatic heterocycles. The molecular weight excluding hydrogens is 200 g/mol. The molecule has 0 aromatic carbocycles. The predicted octanol–water partition coefficient (Wildman–Crippen LogP) is 2.06. The summed E-state index contributed by atoms with van der Waals surface area (Å²) in [6.45, 7) is 7.34. The number of rotatable bonds is 5. The van der Waals surface area contributed by atoms with E-state index >= 15 is 0 Å². The third-order valence-corrected chi connectivity index (χ3v) is 3.64. The minimum absolute atomic E-state index is 0.164. The zero-order valence-electron chi connectivity index (χ0n) is 10.9. The fourth-order valence-electron chi connectivity index (χ4n) is 3.07. The average Bonchev–Trinajstić information content (AvgIpc) is 2.17. The van der Waals surface area contributed by atoms with Crippen LogP contribution in [0.25, 0.3) is 0 Å². The van der Waals surface area contributed by atoms with Gasteiger partial charge in [-0.15, -0.1) is 0 Å². The second-order valence-corrected chi connectivity index (χ2v) is 5.57. The van der Waals surface area contributed by atoms with Crippen molar-refractivity contribution < 1.29 is 4.79 Å². The van der Waals surface area contributed by atoms with E-state index in [1.165, 1.54) is 12.8 Å². The van der Waals surface area contributed by atoms with Crippen LogP contribution in [0, 0.1) is 11.8 Å². The van der Waals surface area contributed by atoms with Crippen LogP contribution in [0.1, 0.15) is 52.9 Å². The van der Waals surface area contributed by atoms with Gasteiger partial charge < -0.3 is 11.1 Å². The van der Waals surface area contributed by atoms with E-state index in [-0.39, 0.29) is 5.91 Å². The summed E-state index contributed by atoms with van der Waals surface area (Å²) < 4.78 is 0. The maximum atomic E-state index is 11.7. The van der Waals surface area contributed by atoms with E-state index in [2.05, 4.69) is 19.2 Å². The highest BCUT2D eigenvalue weighted by molar-refractivity contribution is 5.84. The van der Waals surface area contributed by atoms with Crippen molar-refractivity contribution in [2.24, 2.45) is 17.6 Å². The van der Waals surface area contributed by atoms with E-state index in [9.17, 15) is 4.79 Å². The van der Waals surface area contributed by atoms with Crippen LogP contribution in [-0.2, 0) is 4.79 Å². The van der Waals surface area contributed by atoms with Crippen molar-refractivity contribution in [3.05, 3.63) is 0 Å². The SMILES string of the molecule is CCNC1(C(N)=O)CCCC(CC(C)C)C1. The molecular formula is C13H26N2O. The van der Waals surface area contributed by atoms with Crippen molar-refractivity contribution in [1.82, 2.24) is 5.32 Å². The molecule has 0 heterocycles. The Kier molecular flexibility index (Phi) is 4.78. The molecule has 0 spiro atoms. The van der Waals surface area contributed by atoms with Crippen LogP contribution >= 0.6 is 0 Å². The minimum atomic E-state index is -0.424. The molecule has 1 saturated carbocycles. The predicted molar refractivity (Wildman–Crippen MR) is 67.0 cm³/mol. The van der Waals surface area contributed by atoms with E-state index in [1.807, 2.05) is 6.92 Å². The number of likely N-dealkylation sites (N-methyl/N-ethyl adjacent to an activating group) is 1. The third-order valence-electron chi connectivity index (χ3n) is 3.64. The van der Waals surface area contributed by atoms with Crippen LogP contribution in [0.15, 0.2) is 0 Å². The molecule has 1 amide bonds. The monoisotopic (exact) mass is 226 g/mol. The molecule has 1 fully saturated rings. The standard InChI is InChI=1S/C13H26N2O/c1-4-15-13(12(14)16)7-5-6-11(9-13)8-10(2)3/h10-11,15H,4-9H2,1-3H3,(H2,14,16). The molecule has 0 aromatic rings. The van der Waals surface area contributed by atoms with Gasteiger partial charge in [-0.3, -0.25) is 4.79 Å². The smallest absolute Gasteiger partial charge is 0.237 e. The lowest BCUT2D eigenvalue weighted by molar-refractivity contribution is -0.126. The van der Waals surface area contributed by atoms with Gasteiger partial charge in [-0.25, -0.2) is 0 Å². The van der Waals surface area contributed by atoms with E-state index in [0.717, 1.165) is 25.8 Å². The number of hydrogen-bond donors (Lipinski definition) is 2. The van der Waals surface area contributed by atoms with Gasteiger partial charge >= 0.3 is 0 Å². The minimum Gasteiger partial charge on any atom is -0.368 e. The number of primary amides is 1. The summed E-state index contributed by atoms with van der Waals surface area (Å²) in [6, 6.07) is 0. The summed E-state index contributed by atoms with van der Waals surface area (Å²) in [7, 11) is 0. The Labute approximate surface area is 99.2 Å². The zero-order valence-corrected chi connectivity index (χ0v) is 10.9. The first-order valence-electron chi connectivity index (χ1n) is 6.55. The molecule has 3 heteroatoms. The third kappa shape index (κ3) is 3.21. The van der Waals surface area contributed by atoms with Crippen LogP contribution in [0.5, 0.6) is 0 Å². The van der Waals surface area contributed by atoms with E-state index in [1.54, 1.807) is 0 Å². The van der Waals surface area contributed by atoms with Gasteiger partial charge in [0, 0.05) is 0 Å². The molecule has 2 unspecified atom stereocenters. The molecule has 3 nitrogen and oxygen atoms in total. The van der Waals surface area contributed by atoms with Gasteiger partial charge in [0.2, 0.25) is 5.91 Å². The van der Waals surface area contributed by atoms with Gasteiger partial charge in [0.25, 0.3) is 0 Å². The molecule has 94 valence electrons. The Morgan fingerprint density at radius 2 is 2.25 bits per heavy atom.